The van der Waals surface area contributed by atoms with Crippen molar-refractivity contribution >= 4 is 11.1 Å². The third kappa shape index (κ3) is 7.32. The highest BCUT2D eigenvalue weighted by Crippen LogP contribution is 2.40. The third-order valence-electron chi connectivity index (χ3n) is 6.81. The average molecular weight is 534 g/mol. The fraction of sp³-hybridized carbons (Fsp3) is 0.375. The Morgan fingerprint density at radius 3 is 2.00 bits per heavy atom. The van der Waals surface area contributed by atoms with Crippen LogP contribution in [-0.2, 0) is 4.74 Å². The van der Waals surface area contributed by atoms with Gasteiger partial charge < -0.3 is 33.7 Å². The molecule has 7 heteroatoms. The second-order valence-corrected chi connectivity index (χ2v) is 9.33. The minimum atomic E-state index is -0.545. The molecular weight excluding hydrogens is 494 g/mol. The normalized spacial score (nSPS) is 13.8. The number of allylic oxidation sites excluding steroid dienone is 1. The van der Waals surface area contributed by atoms with Crippen LogP contribution in [0.25, 0.3) is 11.1 Å². The summed E-state index contributed by atoms with van der Waals surface area (Å²) in [6.07, 6.45) is 0.267. The average Bonchev–Trinajstić information content (AvgIpc) is 3.45. The second kappa shape index (κ2) is 14.0. The van der Waals surface area contributed by atoms with E-state index in [4.69, 9.17) is 23.7 Å². The zero-order valence-electron chi connectivity index (χ0n) is 23.3. The monoisotopic (exact) mass is 533 g/mol. The lowest BCUT2D eigenvalue weighted by molar-refractivity contribution is 0.0511. The zero-order valence-corrected chi connectivity index (χ0v) is 23.3. The van der Waals surface area contributed by atoms with Gasteiger partial charge in [-0.15, -0.1) is 0 Å². The Labute approximate surface area is 231 Å². The number of nitrogens with zero attached hydrogens (tertiary/aromatic N) is 1. The summed E-state index contributed by atoms with van der Waals surface area (Å²) >= 11 is 0. The lowest BCUT2D eigenvalue weighted by Gasteiger charge is -2.22. The minimum absolute atomic E-state index is 0.199. The van der Waals surface area contributed by atoms with E-state index in [0.29, 0.717) is 6.54 Å². The topological polar surface area (TPSA) is 69.6 Å². The molecule has 1 aliphatic rings. The third-order valence-corrected chi connectivity index (χ3v) is 6.81. The molecule has 1 N–H and O–H groups in total. The Kier molecular flexibility index (Phi) is 10.3. The summed E-state index contributed by atoms with van der Waals surface area (Å²) in [5, 5.41) is 10.4. The first kappa shape index (κ1) is 28.5. The maximum absolute atomic E-state index is 10.4. The molecule has 0 saturated heterocycles. The van der Waals surface area contributed by atoms with E-state index in [-0.39, 0.29) is 20.2 Å². The first-order valence-electron chi connectivity index (χ1n) is 13.5. The number of fused-ring (bicyclic) bond motifs is 1. The van der Waals surface area contributed by atoms with Gasteiger partial charge in [-0.25, -0.2) is 0 Å². The highest BCUT2D eigenvalue weighted by atomic mass is 16.7. The lowest BCUT2D eigenvalue weighted by Crippen LogP contribution is -2.35. The molecule has 0 bridgehead atoms. The van der Waals surface area contributed by atoms with Crippen LogP contribution in [0, 0.1) is 0 Å². The number of benzene rings is 3. The van der Waals surface area contributed by atoms with Crippen LogP contribution in [0.1, 0.15) is 43.9 Å². The van der Waals surface area contributed by atoms with Gasteiger partial charge in [0.1, 0.15) is 24.2 Å². The van der Waals surface area contributed by atoms with Crippen LogP contribution in [0.3, 0.4) is 0 Å². The molecule has 0 spiro atoms. The van der Waals surface area contributed by atoms with E-state index in [0.717, 1.165) is 64.8 Å². The van der Waals surface area contributed by atoms with E-state index in [1.807, 2.05) is 36.4 Å². The number of likely N-dealkylation sites (N-methyl/N-ethyl adjacent to an activating group) is 1. The van der Waals surface area contributed by atoms with Crippen molar-refractivity contribution < 1.29 is 28.8 Å². The van der Waals surface area contributed by atoms with Crippen LogP contribution in [-0.4, -0.2) is 63.0 Å². The van der Waals surface area contributed by atoms with Crippen molar-refractivity contribution in [2.45, 2.75) is 33.3 Å². The maximum Gasteiger partial charge on any atom is 0.231 e. The predicted molar refractivity (Wildman–Crippen MR) is 153 cm³/mol. The Morgan fingerprint density at radius 1 is 0.821 bits per heavy atom. The first-order chi connectivity index (χ1) is 19.1. The summed E-state index contributed by atoms with van der Waals surface area (Å²) < 4.78 is 27.8. The zero-order chi connectivity index (χ0) is 27.6. The van der Waals surface area contributed by atoms with Gasteiger partial charge in [-0.2, -0.15) is 0 Å². The van der Waals surface area contributed by atoms with Gasteiger partial charge in [0.2, 0.25) is 6.79 Å². The summed E-state index contributed by atoms with van der Waals surface area (Å²) in [5.41, 5.74) is 5.50. The molecule has 0 amide bonds. The van der Waals surface area contributed by atoms with Gasteiger partial charge in [-0.1, -0.05) is 51.1 Å². The van der Waals surface area contributed by atoms with Crippen molar-refractivity contribution in [1.82, 2.24) is 4.90 Å². The smallest absolute Gasteiger partial charge is 0.231 e. The van der Waals surface area contributed by atoms with Crippen LogP contribution in [0.15, 0.2) is 66.7 Å². The van der Waals surface area contributed by atoms with Gasteiger partial charge in [-0.05, 0) is 83.7 Å². The molecule has 0 aromatic heterocycles. The molecule has 7 nitrogen and oxygen atoms in total. The predicted octanol–water partition coefficient (Wildman–Crippen LogP) is 5.85. The second-order valence-electron chi connectivity index (χ2n) is 9.33. The molecule has 3 aromatic carbocycles. The summed E-state index contributed by atoms with van der Waals surface area (Å²) in [7, 11) is 1.60. The van der Waals surface area contributed by atoms with Crippen molar-refractivity contribution in [2.75, 3.05) is 46.9 Å². The minimum Gasteiger partial charge on any atom is -0.491 e. The molecule has 1 heterocycles. The number of aliphatic hydroxyl groups excluding tert-OH is 1. The van der Waals surface area contributed by atoms with Crippen LogP contribution < -0.4 is 18.9 Å². The van der Waals surface area contributed by atoms with Crippen LogP contribution in [0.5, 0.6) is 23.0 Å². The van der Waals surface area contributed by atoms with E-state index in [2.05, 4.69) is 56.0 Å². The number of methoxy groups -OCH3 is 1. The standard InChI is InChI=1S/C32H39NO6/c1-5-29(25-12-17-30-31(18-25)39-22-38-30)32(24-10-15-28(16-11-24)37-21-35-4)23-8-13-27(14-9-23)36-20-26(34)19-33(6-2)7-3/h8-18,26,34H,5-7,19-22H2,1-4H3/b32-29+. The molecule has 0 radical (unpaired) electrons. The molecule has 4 rings (SSSR count). The largest absolute Gasteiger partial charge is 0.491 e. The number of ether oxygens (including phenoxy) is 5. The molecule has 1 aliphatic heterocycles. The van der Waals surface area contributed by atoms with Crippen LogP contribution >= 0.6 is 0 Å². The molecule has 0 fully saturated rings. The van der Waals surface area contributed by atoms with Crippen molar-refractivity contribution in [3.8, 4) is 23.0 Å². The Bertz CT molecular complexity index is 1220. The molecule has 3 aromatic rings. The summed E-state index contributed by atoms with van der Waals surface area (Å²) in [5.74, 6) is 2.99. The molecule has 0 saturated carbocycles. The van der Waals surface area contributed by atoms with Crippen molar-refractivity contribution in [3.05, 3.63) is 83.4 Å². The highest BCUT2D eigenvalue weighted by Gasteiger charge is 2.18. The van der Waals surface area contributed by atoms with Crippen molar-refractivity contribution in [1.29, 1.82) is 0 Å². The Morgan fingerprint density at radius 2 is 1.41 bits per heavy atom. The van der Waals surface area contributed by atoms with Crippen LogP contribution in [0.2, 0.25) is 0 Å². The fourth-order valence-corrected chi connectivity index (χ4v) is 4.71. The molecule has 1 unspecified atom stereocenters. The molecule has 208 valence electrons. The summed E-state index contributed by atoms with van der Waals surface area (Å²) in [4.78, 5) is 2.18. The highest BCUT2D eigenvalue weighted by molar-refractivity contribution is 5.99. The van der Waals surface area contributed by atoms with Gasteiger partial charge in [-0.3, -0.25) is 0 Å². The van der Waals surface area contributed by atoms with Crippen molar-refractivity contribution in [2.24, 2.45) is 0 Å². The van der Waals surface area contributed by atoms with Gasteiger partial charge >= 0.3 is 0 Å². The molecular formula is C32H39NO6. The lowest BCUT2D eigenvalue weighted by atomic mass is 9.88. The summed E-state index contributed by atoms with van der Waals surface area (Å²) in [6.45, 7) is 9.43. The quantitative estimate of drug-likeness (QED) is 0.206. The summed E-state index contributed by atoms with van der Waals surface area (Å²) in [6, 6.07) is 22.2. The first-order valence-corrected chi connectivity index (χ1v) is 13.5. The van der Waals surface area contributed by atoms with E-state index >= 15 is 0 Å². The van der Waals surface area contributed by atoms with Gasteiger partial charge in [0, 0.05) is 13.7 Å². The van der Waals surface area contributed by atoms with Gasteiger partial charge in [0.25, 0.3) is 0 Å². The number of rotatable bonds is 14. The molecule has 39 heavy (non-hydrogen) atoms. The number of aliphatic hydroxyl groups is 1. The Hall–Kier alpha value is -3.52. The maximum atomic E-state index is 10.4. The Balaban J connectivity index is 1.64. The van der Waals surface area contributed by atoms with E-state index in [1.165, 1.54) is 5.57 Å². The molecule has 0 aliphatic carbocycles. The van der Waals surface area contributed by atoms with E-state index in [9.17, 15) is 5.11 Å². The van der Waals surface area contributed by atoms with E-state index in [1.54, 1.807) is 7.11 Å². The fourth-order valence-electron chi connectivity index (χ4n) is 4.71. The van der Waals surface area contributed by atoms with Crippen LogP contribution in [0.4, 0.5) is 0 Å². The van der Waals surface area contributed by atoms with E-state index < -0.39 is 6.10 Å². The van der Waals surface area contributed by atoms with Gasteiger partial charge in [0.05, 0.1) is 0 Å². The van der Waals surface area contributed by atoms with Crippen molar-refractivity contribution in [3.63, 3.8) is 0 Å². The number of hydrogen-bond donors (Lipinski definition) is 1. The number of hydrogen-bond acceptors (Lipinski definition) is 7. The SMILES string of the molecule is CC/C(=C(\c1ccc(OCOC)cc1)c1ccc(OCC(O)CN(CC)CC)cc1)c1ccc2c(c1)OCO2. The van der Waals surface area contributed by atoms with Gasteiger partial charge in [0.15, 0.2) is 18.3 Å². The molecule has 1 atom stereocenters.